The standard InChI is InChI=1S/C22H26N2O5/c1-28-18-7-8-20(29-2)19(13-18)23-22(27)24-10-9-17(14-24)11-15-3-5-16(6-4-15)12-21(25)26/h3-8,13,17H,9-12,14H2,1-2H3,(H,23,27)(H,25,26). The molecule has 2 aromatic rings. The van der Waals surface area contributed by atoms with E-state index < -0.39 is 5.97 Å². The maximum atomic E-state index is 12.7. The maximum absolute atomic E-state index is 12.7. The average molecular weight is 398 g/mol. The zero-order chi connectivity index (χ0) is 20.8. The predicted molar refractivity (Wildman–Crippen MR) is 110 cm³/mol. The van der Waals surface area contributed by atoms with Gasteiger partial charge in [-0.1, -0.05) is 24.3 Å². The zero-order valence-electron chi connectivity index (χ0n) is 16.7. The van der Waals surface area contributed by atoms with E-state index in [4.69, 9.17) is 14.6 Å². The fraction of sp³-hybridized carbons (Fsp3) is 0.364. The Balaban J connectivity index is 1.56. The summed E-state index contributed by atoms with van der Waals surface area (Å²) in [6, 6.07) is 12.8. The minimum absolute atomic E-state index is 0.0331. The van der Waals surface area contributed by atoms with E-state index in [-0.39, 0.29) is 12.5 Å². The Hall–Kier alpha value is -3.22. The van der Waals surface area contributed by atoms with Crippen LogP contribution >= 0.6 is 0 Å². The van der Waals surface area contributed by atoms with Crippen molar-refractivity contribution in [3.05, 3.63) is 53.6 Å². The number of carbonyl (C=O) groups is 2. The summed E-state index contributed by atoms with van der Waals surface area (Å²) in [6.07, 6.45) is 1.82. The highest BCUT2D eigenvalue weighted by Gasteiger charge is 2.27. The number of urea groups is 1. The van der Waals surface area contributed by atoms with Gasteiger partial charge in [0.2, 0.25) is 0 Å². The van der Waals surface area contributed by atoms with Crippen LogP contribution in [0.15, 0.2) is 42.5 Å². The largest absolute Gasteiger partial charge is 0.497 e. The van der Waals surface area contributed by atoms with Crippen molar-refractivity contribution in [1.82, 2.24) is 4.90 Å². The lowest BCUT2D eigenvalue weighted by Crippen LogP contribution is -2.33. The number of ether oxygens (including phenoxy) is 2. The molecule has 2 aromatic carbocycles. The minimum atomic E-state index is -0.831. The molecule has 7 heteroatoms. The summed E-state index contributed by atoms with van der Waals surface area (Å²) >= 11 is 0. The molecule has 1 heterocycles. The third kappa shape index (κ3) is 5.40. The number of likely N-dealkylation sites (tertiary alicyclic amines) is 1. The first-order valence-electron chi connectivity index (χ1n) is 9.56. The van der Waals surface area contributed by atoms with E-state index >= 15 is 0 Å². The lowest BCUT2D eigenvalue weighted by Gasteiger charge is -2.19. The molecular weight excluding hydrogens is 372 g/mol. The molecule has 1 aliphatic heterocycles. The van der Waals surface area contributed by atoms with E-state index in [2.05, 4.69) is 5.32 Å². The zero-order valence-corrected chi connectivity index (χ0v) is 16.7. The number of carboxylic acids is 1. The van der Waals surface area contributed by atoms with Crippen LogP contribution in [0, 0.1) is 5.92 Å². The van der Waals surface area contributed by atoms with Gasteiger partial charge in [-0.25, -0.2) is 4.79 Å². The molecule has 1 fully saturated rings. The first-order valence-corrected chi connectivity index (χ1v) is 9.56. The number of nitrogens with zero attached hydrogens (tertiary/aromatic N) is 1. The van der Waals surface area contributed by atoms with Crippen LogP contribution in [-0.4, -0.2) is 49.3 Å². The predicted octanol–water partition coefficient (Wildman–Crippen LogP) is 3.43. The van der Waals surface area contributed by atoms with Gasteiger partial charge in [0.15, 0.2) is 0 Å². The van der Waals surface area contributed by atoms with Crippen LogP contribution in [-0.2, 0) is 17.6 Å². The molecule has 0 radical (unpaired) electrons. The fourth-order valence-corrected chi connectivity index (χ4v) is 3.59. The van der Waals surface area contributed by atoms with E-state index in [1.54, 1.807) is 32.4 Å². The molecule has 3 rings (SSSR count). The highest BCUT2D eigenvalue weighted by Crippen LogP contribution is 2.30. The van der Waals surface area contributed by atoms with E-state index in [1.807, 2.05) is 29.2 Å². The van der Waals surface area contributed by atoms with Gasteiger partial charge >= 0.3 is 12.0 Å². The van der Waals surface area contributed by atoms with Crippen LogP contribution in [0.2, 0.25) is 0 Å². The quantitative estimate of drug-likeness (QED) is 0.746. The Labute approximate surface area is 170 Å². The van der Waals surface area contributed by atoms with Crippen molar-refractivity contribution in [3.8, 4) is 11.5 Å². The number of amides is 2. The second kappa shape index (κ2) is 9.32. The molecule has 1 unspecified atom stereocenters. The first kappa shape index (κ1) is 20.5. The van der Waals surface area contributed by atoms with Crippen LogP contribution in [0.5, 0.6) is 11.5 Å². The van der Waals surface area contributed by atoms with Crippen LogP contribution < -0.4 is 14.8 Å². The van der Waals surface area contributed by atoms with Crippen LogP contribution in [0.3, 0.4) is 0 Å². The van der Waals surface area contributed by atoms with Gasteiger partial charge in [0.25, 0.3) is 0 Å². The SMILES string of the molecule is COc1ccc(OC)c(NC(=O)N2CCC(Cc3ccc(CC(=O)O)cc3)C2)c1. The minimum Gasteiger partial charge on any atom is -0.497 e. The summed E-state index contributed by atoms with van der Waals surface area (Å²) in [7, 11) is 3.14. The third-order valence-electron chi connectivity index (χ3n) is 5.12. The van der Waals surface area contributed by atoms with E-state index in [0.29, 0.717) is 36.2 Å². The molecule has 0 spiro atoms. The maximum Gasteiger partial charge on any atom is 0.321 e. The molecule has 1 aliphatic rings. The van der Waals surface area contributed by atoms with Crippen molar-refractivity contribution in [2.45, 2.75) is 19.3 Å². The van der Waals surface area contributed by atoms with Gasteiger partial charge in [-0.15, -0.1) is 0 Å². The molecule has 1 saturated heterocycles. The highest BCUT2D eigenvalue weighted by molar-refractivity contribution is 5.91. The van der Waals surface area contributed by atoms with Gasteiger partial charge < -0.3 is 24.8 Å². The van der Waals surface area contributed by atoms with E-state index in [1.165, 1.54) is 0 Å². The summed E-state index contributed by atoms with van der Waals surface area (Å²) in [5.74, 6) is 0.768. The Morgan fingerprint density at radius 2 is 1.83 bits per heavy atom. The van der Waals surface area contributed by atoms with Crippen molar-refractivity contribution in [2.24, 2.45) is 5.92 Å². The summed E-state index contributed by atoms with van der Waals surface area (Å²) in [6.45, 7) is 1.37. The van der Waals surface area contributed by atoms with Crippen molar-refractivity contribution in [3.63, 3.8) is 0 Å². The number of benzene rings is 2. The second-order valence-corrected chi connectivity index (χ2v) is 7.19. The lowest BCUT2D eigenvalue weighted by molar-refractivity contribution is -0.136. The second-order valence-electron chi connectivity index (χ2n) is 7.19. The number of methoxy groups -OCH3 is 2. The number of nitrogens with one attached hydrogen (secondary N) is 1. The number of carbonyl (C=O) groups excluding carboxylic acids is 1. The van der Waals surface area contributed by atoms with Gasteiger partial charge in [-0.3, -0.25) is 4.79 Å². The molecule has 7 nitrogen and oxygen atoms in total. The molecule has 0 aromatic heterocycles. The molecular formula is C22H26N2O5. The van der Waals surface area contributed by atoms with Crippen LogP contribution in [0.25, 0.3) is 0 Å². The topological polar surface area (TPSA) is 88.1 Å². The lowest BCUT2D eigenvalue weighted by atomic mass is 9.97. The molecule has 0 saturated carbocycles. The first-order chi connectivity index (χ1) is 14.0. The van der Waals surface area contributed by atoms with Crippen LogP contribution in [0.4, 0.5) is 10.5 Å². The third-order valence-corrected chi connectivity index (χ3v) is 5.12. The van der Waals surface area contributed by atoms with Gasteiger partial charge in [-0.05, 0) is 42.0 Å². The molecule has 154 valence electrons. The number of hydrogen-bond acceptors (Lipinski definition) is 4. The van der Waals surface area contributed by atoms with Gasteiger partial charge in [0, 0.05) is 19.2 Å². The fourth-order valence-electron chi connectivity index (χ4n) is 3.59. The Morgan fingerprint density at radius 3 is 2.48 bits per heavy atom. The summed E-state index contributed by atoms with van der Waals surface area (Å²) in [5, 5.41) is 11.8. The number of aliphatic carboxylic acids is 1. The normalized spacial score (nSPS) is 15.8. The van der Waals surface area contributed by atoms with Gasteiger partial charge in [0.05, 0.1) is 26.3 Å². The number of anilines is 1. The van der Waals surface area contributed by atoms with Gasteiger partial charge in [0.1, 0.15) is 11.5 Å². The number of rotatable bonds is 7. The highest BCUT2D eigenvalue weighted by atomic mass is 16.5. The monoisotopic (exact) mass is 398 g/mol. The van der Waals surface area contributed by atoms with Crippen LogP contribution in [0.1, 0.15) is 17.5 Å². The number of hydrogen-bond donors (Lipinski definition) is 2. The average Bonchev–Trinajstić information content (AvgIpc) is 3.17. The molecule has 2 amide bonds. The molecule has 2 N–H and O–H groups in total. The Bertz CT molecular complexity index is 866. The molecule has 0 bridgehead atoms. The summed E-state index contributed by atoms with van der Waals surface area (Å²) < 4.78 is 10.5. The smallest absolute Gasteiger partial charge is 0.321 e. The van der Waals surface area contributed by atoms with Crippen molar-refractivity contribution in [2.75, 3.05) is 32.6 Å². The summed E-state index contributed by atoms with van der Waals surface area (Å²) in [5.41, 5.74) is 2.52. The van der Waals surface area contributed by atoms with Crippen molar-refractivity contribution >= 4 is 17.7 Å². The Morgan fingerprint density at radius 1 is 1.10 bits per heavy atom. The molecule has 0 aliphatic carbocycles. The van der Waals surface area contributed by atoms with E-state index in [0.717, 1.165) is 24.0 Å². The van der Waals surface area contributed by atoms with Gasteiger partial charge in [-0.2, -0.15) is 0 Å². The molecule has 29 heavy (non-hydrogen) atoms. The van der Waals surface area contributed by atoms with E-state index in [9.17, 15) is 9.59 Å². The van der Waals surface area contributed by atoms with Crippen molar-refractivity contribution in [1.29, 1.82) is 0 Å². The molecule has 1 atom stereocenters. The summed E-state index contributed by atoms with van der Waals surface area (Å²) in [4.78, 5) is 25.3. The number of carboxylic acid groups (broad SMARTS) is 1. The Kier molecular flexibility index (Phi) is 6.59. The van der Waals surface area contributed by atoms with Crippen molar-refractivity contribution < 1.29 is 24.2 Å².